The number of nitrogens with one attached hydrogen (secondary N) is 1. The molecule has 1 saturated carbocycles. The minimum absolute atomic E-state index is 0.257. The summed E-state index contributed by atoms with van der Waals surface area (Å²) in [7, 11) is 0. The van der Waals surface area contributed by atoms with Crippen LogP contribution < -0.4 is 5.32 Å². The zero-order chi connectivity index (χ0) is 39.3. The maximum Gasteiger partial charge on any atom is 0.220 e. The topological polar surface area (TPSA) is 169 Å². The van der Waals surface area contributed by atoms with Gasteiger partial charge in [-0.2, -0.15) is 0 Å². The Kier molecular flexibility index (Phi) is 22.8. The molecule has 0 aromatic heterocycles. The van der Waals surface area contributed by atoms with E-state index in [1.165, 1.54) is 96.3 Å². The average Bonchev–Trinajstić information content (AvgIpc) is 3.16. The molecule has 316 valence electrons. The molecule has 2 fully saturated rings. The fourth-order valence-corrected chi connectivity index (χ4v) is 8.97. The third kappa shape index (κ3) is 15.7. The molecule has 4 aliphatic rings. The minimum Gasteiger partial charge on any atom is -0.394 e. The number of allylic oxidation sites excluding steroid dienone is 2. The summed E-state index contributed by atoms with van der Waals surface area (Å²) in [6.45, 7) is 6.23. The molecule has 1 amide bonds. The summed E-state index contributed by atoms with van der Waals surface area (Å²) in [6.07, 6.45) is 20.7. The van der Waals surface area contributed by atoms with Crippen LogP contribution in [0.15, 0.2) is 11.6 Å². The van der Waals surface area contributed by atoms with E-state index >= 15 is 0 Å². The molecule has 10 nitrogen and oxygen atoms in total. The summed E-state index contributed by atoms with van der Waals surface area (Å²) in [5, 5.41) is 65.1. The molecular formula is C44H81NO9. The second-order valence-corrected chi connectivity index (χ2v) is 17.6. The first kappa shape index (κ1) is 47.3. The van der Waals surface area contributed by atoms with Crippen LogP contribution in [0.3, 0.4) is 0 Å². The number of unbranched alkanes of at least 4 members (excludes halogenated alkanes) is 18. The summed E-state index contributed by atoms with van der Waals surface area (Å²) in [5.74, 6) is 1.46. The van der Waals surface area contributed by atoms with E-state index in [1.54, 1.807) is 5.57 Å². The Morgan fingerprint density at radius 3 is 1.93 bits per heavy atom. The summed E-state index contributed by atoms with van der Waals surface area (Å²) in [6, 6.07) is -0.988. The highest BCUT2D eigenvalue weighted by Gasteiger charge is 2.50. The van der Waals surface area contributed by atoms with Gasteiger partial charge in [-0.25, -0.2) is 0 Å². The van der Waals surface area contributed by atoms with Gasteiger partial charge in [0.25, 0.3) is 0 Å². The van der Waals surface area contributed by atoms with Gasteiger partial charge >= 0.3 is 0 Å². The molecule has 1 saturated heterocycles. The molecule has 0 radical (unpaired) electrons. The van der Waals surface area contributed by atoms with E-state index in [4.69, 9.17) is 9.47 Å². The Morgan fingerprint density at radius 1 is 0.815 bits per heavy atom. The molecule has 1 aliphatic heterocycles. The molecule has 7 N–H and O–H groups in total. The van der Waals surface area contributed by atoms with Gasteiger partial charge in [0.15, 0.2) is 6.29 Å². The zero-order valence-electron chi connectivity index (χ0n) is 34.4. The van der Waals surface area contributed by atoms with Crippen LogP contribution in [0.4, 0.5) is 0 Å². The number of ether oxygens (including phenoxy) is 2. The third-order valence-corrected chi connectivity index (χ3v) is 13.0. The molecule has 10 atom stereocenters. The van der Waals surface area contributed by atoms with Crippen LogP contribution in [0.1, 0.15) is 181 Å². The zero-order valence-corrected chi connectivity index (χ0v) is 34.4. The van der Waals surface area contributed by atoms with Crippen LogP contribution in [0.5, 0.6) is 0 Å². The number of hydrogen-bond donors (Lipinski definition) is 7. The number of aliphatic hydroxyl groups is 6. The smallest absolute Gasteiger partial charge is 0.220 e. The molecule has 0 aromatic carbocycles. The molecule has 6 unspecified atom stereocenters. The van der Waals surface area contributed by atoms with Crippen molar-refractivity contribution >= 4 is 5.91 Å². The second kappa shape index (κ2) is 26.0. The maximum absolute atomic E-state index is 13.0. The minimum atomic E-state index is -1.60. The van der Waals surface area contributed by atoms with Gasteiger partial charge in [0.05, 0.1) is 25.4 Å². The lowest BCUT2D eigenvalue weighted by Gasteiger charge is -2.56. The van der Waals surface area contributed by atoms with Crippen molar-refractivity contribution in [3.05, 3.63) is 11.6 Å². The highest BCUT2D eigenvalue weighted by atomic mass is 16.7. The van der Waals surface area contributed by atoms with Gasteiger partial charge in [-0.3, -0.25) is 4.79 Å². The van der Waals surface area contributed by atoms with Gasteiger partial charge < -0.3 is 45.4 Å². The van der Waals surface area contributed by atoms with Crippen LogP contribution in [0.2, 0.25) is 0 Å². The van der Waals surface area contributed by atoms with Gasteiger partial charge in [-0.15, -0.1) is 0 Å². The lowest BCUT2D eigenvalue weighted by Crippen LogP contribution is -2.60. The number of carbonyl (C=O) groups excluding carboxylic acids is 1. The number of hydrogen-bond acceptors (Lipinski definition) is 9. The number of aliphatic hydroxyl groups excluding tert-OH is 6. The van der Waals surface area contributed by atoms with E-state index in [-0.39, 0.29) is 18.9 Å². The van der Waals surface area contributed by atoms with Crippen molar-refractivity contribution in [2.45, 2.75) is 230 Å². The Bertz CT molecular complexity index is 1040. The third-order valence-electron chi connectivity index (χ3n) is 13.0. The van der Waals surface area contributed by atoms with Crippen molar-refractivity contribution in [2.75, 3.05) is 13.2 Å². The quantitative estimate of drug-likeness (QED) is 0.0290. The van der Waals surface area contributed by atoms with E-state index in [1.807, 2.05) is 0 Å². The Labute approximate surface area is 327 Å². The SMILES string of the molecule is CCCCCCCCCCCCCC[C@@H](O)C(O)[C@H](COC1OC(CO)C(O)C(O)C1O)NC(=O)CCCCCCCCCCC1=CC[C@H]2C[C@@H]1C2(C)C. The molecule has 10 heteroatoms. The van der Waals surface area contributed by atoms with Gasteiger partial charge in [0, 0.05) is 6.42 Å². The van der Waals surface area contributed by atoms with Crippen molar-refractivity contribution in [1.82, 2.24) is 5.32 Å². The van der Waals surface area contributed by atoms with Gasteiger partial charge in [-0.1, -0.05) is 148 Å². The lowest BCUT2D eigenvalue weighted by molar-refractivity contribution is -0.303. The molecular weight excluding hydrogens is 686 g/mol. The molecule has 2 bridgehead atoms. The van der Waals surface area contributed by atoms with Crippen molar-refractivity contribution in [3.8, 4) is 0 Å². The fraction of sp³-hybridized carbons (Fsp3) is 0.932. The number of amides is 1. The van der Waals surface area contributed by atoms with Crippen LogP contribution in [0, 0.1) is 17.3 Å². The molecule has 0 aromatic rings. The highest BCUT2D eigenvalue weighted by Crippen LogP contribution is 2.59. The average molecular weight is 768 g/mol. The predicted octanol–water partition coefficient (Wildman–Crippen LogP) is 6.99. The Hall–Kier alpha value is -1.11. The number of carbonyl (C=O) groups is 1. The van der Waals surface area contributed by atoms with Crippen LogP contribution in [-0.2, 0) is 14.3 Å². The number of rotatable bonds is 31. The number of fused-ring (bicyclic) bond motifs is 1. The predicted molar refractivity (Wildman–Crippen MR) is 214 cm³/mol. The lowest BCUT2D eigenvalue weighted by atomic mass is 9.48. The van der Waals surface area contributed by atoms with Crippen LogP contribution in [-0.4, -0.2) is 98.7 Å². The van der Waals surface area contributed by atoms with E-state index in [0.29, 0.717) is 11.8 Å². The normalized spacial score (nSPS) is 27.9. The highest BCUT2D eigenvalue weighted by molar-refractivity contribution is 5.76. The van der Waals surface area contributed by atoms with Crippen molar-refractivity contribution in [3.63, 3.8) is 0 Å². The van der Waals surface area contributed by atoms with Crippen molar-refractivity contribution in [1.29, 1.82) is 0 Å². The second-order valence-electron chi connectivity index (χ2n) is 17.6. The molecule has 3 aliphatic carbocycles. The van der Waals surface area contributed by atoms with Crippen LogP contribution in [0.25, 0.3) is 0 Å². The Balaban J connectivity index is 1.33. The maximum atomic E-state index is 13.0. The molecule has 54 heavy (non-hydrogen) atoms. The van der Waals surface area contributed by atoms with Crippen molar-refractivity contribution in [2.24, 2.45) is 17.3 Å². The monoisotopic (exact) mass is 768 g/mol. The molecule has 0 spiro atoms. The first-order valence-corrected chi connectivity index (χ1v) is 22.3. The van der Waals surface area contributed by atoms with E-state index in [2.05, 4.69) is 32.2 Å². The summed E-state index contributed by atoms with van der Waals surface area (Å²) >= 11 is 0. The van der Waals surface area contributed by atoms with E-state index in [9.17, 15) is 35.4 Å². The fourth-order valence-electron chi connectivity index (χ4n) is 8.97. The molecule has 4 rings (SSSR count). The molecule has 1 heterocycles. The first-order valence-electron chi connectivity index (χ1n) is 22.3. The summed E-state index contributed by atoms with van der Waals surface area (Å²) < 4.78 is 11.2. The standard InChI is InChI=1S/C44H81NO9/c1-4-5-6-7-8-9-10-11-12-16-19-22-25-36(47)39(49)35(31-53-43-42(52)41(51)40(50)37(30-46)54-43)45-38(48)26-23-20-17-14-13-15-18-21-24-32-27-28-33-29-34(32)44(33,2)3/h27,33-37,39-43,46-47,49-52H,4-26,28-31H2,1-3H3,(H,45,48)/t33-,34-,35-,36+,37?,39?,40?,41?,42?,43?/m0/s1. The first-order chi connectivity index (χ1) is 26.0. The van der Waals surface area contributed by atoms with Gasteiger partial charge in [0.2, 0.25) is 5.91 Å². The van der Waals surface area contributed by atoms with E-state index in [0.717, 1.165) is 63.2 Å². The largest absolute Gasteiger partial charge is 0.394 e. The summed E-state index contributed by atoms with van der Waals surface area (Å²) in [5.41, 5.74) is 2.22. The van der Waals surface area contributed by atoms with Gasteiger partial charge in [0.1, 0.15) is 30.5 Å². The van der Waals surface area contributed by atoms with Crippen molar-refractivity contribution < 1.29 is 44.9 Å². The van der Waals surface area contributed by atoms with E-state index < -0.39 is 55.6 Å². The summed E-state index contributed by atoms with van der Waals surface area (Å²) in [4.78, 5) is 13.0. The Morgan fingerprint density at radius 2 is 1.37 bits per heavy atom. The van der Waals surface area contributed by atoms with Gasteiger partial charge in [-0.05, 0) is 55.8 Å². The van der Waals surface area contributed by atoms with Crippen LogP contribution >= 0.6 is 0 Å².